The van der Waals surface area contributed by atoms with Crippen molar-refractivity contribution in [3.05, 3.63) is 62.8 Å². The first kappa shape index (κ1) is 12.9. The first-order chi connectivity index (χ1) is 9.54. The van der Waals surface area contributed by atoms with E-state index in [-0.39, 0.29) is 12.4 Å². The Morgan fingerprint density at radius 3 is 2.80 bits per heavy atom. The van der Waals surface area contributed by atoms with E-state index < -0.39 is 5.76 Å². The number of oxazole rings is 1. The Labute approximate surface area is 121 Å². The van der Waals surface area contributed by atoms with E-state index >= 15 is 0 Å². The number of nitrogens with two attached hydrogens (primary N) is 1. The van der Waals surface area contributed by atoms with Gasteiger partial charge in [-0.25, -0.2) is 9.18 Å². The van der Waals surface area contributed by atoms with Crippen molar-refractivity contribution in [2.24, 2.45) is 0 Å². The van der Waals surface area contributed by atoms with Crippen LogP contribution in [0.4, 0.5) is 10.1 Å². The van der Waals surface area contributed by atoms with Crippen LogP contribution >= 0.6 is 15.9 Å². The summed E-state index contributed by atoms with van der Waals surface area (Å²) in [6, 6.07) is 9.33. The average Bonchev–Trinajstić information content (AvgIpc) is 2.69. The van der Waals surface area contributed by atoms with Gasteiger partial charge in [0.1, 0.15) is 5.82 Å². The van der Waals surface area contributed by atoms with Crippen molar-refractivity contribution in [3.63, 3.8) is 0 Å². The number of fused-ring (bicyclic) bond motifs is 1. The van der Waals surface area contributed by atoms with Crippen molar-refractivity contribution in [1.29, 1.82) is 0 Å². The molecule has 1 heterocycles. The molecule has 6 heteroatoms. The van der Waals surface area contributed by atoms with E-state index in [1.807, 2.05) is 0 Å². The summed E-state index contributed by atoms with van der Waals surface area (Å²) in [5.74, 6) is -0.809. The van der Waals surface area contributed by atoms with Gasteiger partial charge in [-0.1, -0.05) is 22.0 Å². The first-order valence-electron chi connectivity index (χ1n) is 5.87. The minimum atomic E-state index is -0.471. The molecule has 3 rings (SSSR count). The van der Waals surface area contributed by atoms with Gasteiger partial charge in [0.15, 0.2) is 5.58 Å². The van der Waals surface area contributed by atoms with Crippen molar-refractivity contribution in [3.8, 4) is 0 Å². The zero-order chi connectivity index (χ0) is 14.3. The first-order valence-corrected chi connectivity index (χ1v) is 6.67. The van der Waals surface area contributed by atoms with Crippen molar-refractivity contribution in [2.45, 2.75) is 6.54 Å². The molecule has 0 fully saturated rings. The van der Waals surface area contributed by atoms with Gasteiger partial charge in [-0.2, -0.15) is 0 Å². The SMILES string of the molecule is Nc1ccc2oc(=O)n(Cc3ccc(F)cc3Br)c2c1. The summed E-state index contributed by atoms with van der Waals surface area (Å²) >= 11 is 3.29. The number of benzene rings is 2. The maximum atomic E-state index is 13.1. The van der Waals surface area contributed by atoms with Crippen molar-refractivity contribution < 1.29 is 8.81 Å². The fourth-order valence-corrected chi connectivity index (χ4v) is 2.53. The lowest BCUT2D eigenvalue weighted by atomic mass is 10.2. The van der Waals surface area contributed by atoms with Gasteiger partial charge in [0.25, 0.3) is 0 Å². The molecule has 0 saturated carbocycles. The normalized spacial score (nSPS) is 11.1. The molecule has 0 amide bonds. The van der Waals surface area contributed by atoms with Gasteiger partial charge < -0.3 is 10.2 Å². The van der Waals surface area contributed by atoms with Crippen LogP contribution in [-0.4, -0.2) is 4.57 Å². The number of rotatable bonds is 2. The Hall–Kier alpha value is -2.08. The molecule has 3 aromatic rings. The summed E-state index contributed by atoms with van der Waals surface area (Å²) in [5, 5.41) is 0. The predicted molar refractivity (Wildman–Crippen MR) is 78.1 cm³/mol. The molecule has 102 valence electrons. The molecule has 0 aliphatic rings. The molecular weight excluding hydrogens is 327 g/mol. The fourth-order valence-electron chi connectivity index (χ4n) is 2.05. The van der Waals surface area contributed by atoms with Crippen LogP contribution < -0.4 is 11.5 Å². The van der Waals surface area contributed by atoms with Gasteiger partial charge in [-0.15, -0.1) is 0 Å². The molecule has 0 aliphatic heterocycles. The molecule has 2 aromatic carbocycles. The second-order valence-corrected chi connectivity index (χ2v) is 5.27. The molecule has 0 radical (unpaired) electrons. The number of nitrogens with zero attached hydrogens (tertiary/aromatic N) is 1. The lowest BCUT2D eigenvalue weighted by Gasteiger charge is -2.05. The van der Waals surface area contributed by atoms with Crippen LogP contribution in [-0.2, 0) is 6.54 Å². The third kappa shape index (κ3) is 2.22. The van der Waals surface area contributed by atoms with E-state index in [9.17, 15) is 9.18 Å². The zero-order valence-electron chi connectivity index (χ0n) is 10.3. The van der Waals surface area contributed by atoms with Gasteiger partial charge in [0.2, 0.25) is 0 Å². The number of nitrogen functional groups attached to an aromatic ring is 1. The van der Waals surface area contributed by atoms with Gasteiger partial charge in [-0.05, 0) is 35.9 Å². The molecule has 4 nitrogen and oxygen atoms in total. The maximum absolute atomic E-state index is 13.1. The van der Waals surface area contributed by atoms with E-state index in [2.05, 4.69) is 15.9 Å². The van der Waals surface area contributed by atoms with E-state index in [0.717, 1.165) is 5.56 Å². The van der Waals surface area contributed by atoms with Crippen LogP contribution in [0.25, 0.3) is 11.1 Å². The van der Waals surface area contributed by atoms with Crippen LogP contribution in [0.1, 0.15) is 5.56 Å². The zero-order valence-corrected chi connectivity index (χ0v) is 11.9. The Morgan fingerprint density at radius 2 is 2.05 bits per heavy atom. The molecule has 0 spiro atoms. The van der Waals surface area contributed by atoms with Gasteiger partial charge >= 0.3 is 5.76 Å². The average molecular weight is 337 g/mol. The van der Waals surface area contributed by atoms with Gasteiger partial charge in [-0.3, -0.25) is 4.57 Å². The summed E-state index contributed by atoms with van der Waals surface area (Å²) < 4.78 is 20.3. The monoisotopic (exact) mass is 336 g/mol. The van der Waals surface area contributed by atoms with Crippen molar-refractivity contribution in [1.82, 2.24) is 4.57 Å². The summed E-state index contributed by atoms with van der Waals surface area (Å²) in [7, 11) is 0. The molecule has 2 N–H and O–H groups in total. The summed E-state index contributed by atoms with van der Waals surface area (Å²) in [6.07, 6.45) is 0. The van der Waals surface area contributed by atoms with E-state index in [4.69, 9.17) is 10.2 Å². The topological polar surface area (TPSA) is 61.2 Å². The van der Waals surface area contributed by atoms with E-state index in [1.54, 1.807) is 24.3 Å². The highest BCUT2D eigenvalue weighted by Crippen LogP contribution is 2.22. The number of hydrogen-bond acceptors (Lipinski definition) is 3. The van der Waals surface area contributed by atoms with Crippen LogP contribution in [0.3, 0.4) is 0 Å². The minimum absolute atomic E-state index is 0.274. The quantitative estimate of drug-likeness (QED) is 0.731. The van der Waals surface area contributed by atoms with Crippen molar-refractivity contribution >= 4 is 32.7 Å². The smallest absolute Gasteiger partial charge is 0.408 e. The number of anilines is 1. The highest BCUT2D eigenvalue weighted by Gasteiger charge is 2.11. The summed E-state index contributed by atoms with van der Waals surface area (Å²) in [4.78, 5) is 11.9. The molecular formula is C14H10BrFN2O2. The van der Waals surface area contributed by atoms with Crippen LogP contribution in [0, 0.1) is 5.82 Å². The Morgan fingerprint density at radius 1 is 1.25 bits per heavy atom. The van der Waals surface area contributed by atoms with Gasteiger partial charge in [0, 0.05) is 10.2 Å². The largest absolute Gasteiger partial charge is 0.420 e. The third-order valence-electron chi connectivity index (χ3n) is 3.04. The molecule has 1 aromatic heterocycles. The Kier molecular flexibility index (Phi) is 3.10. The van der Waals surface area contributed by atoms with Crippen LogP contribution in [0.15, 0.2) is 50.1 Å². The van der Waals surface area contributed by atoms with Gasteiger partial charge in [0.05, 0.1) is 12.1 Å². The predicted octanol–water partition coefficient (Wildman–Crippen LogP) is 3.13. The third-order valence-corrected chi connectivity index (χ3v) is 3.77. The maximum Gasteiger partial charge on any atom is 0.420 e. The van der Waals surface area contributed by atoms with Crippen LogP contribution in [0.2, 0.25) is 0 Å². The molecule has 0 saturated heterocycles. The Bertz CT molecular complexity index is 854. The van der Waals surface area contributed by atoms with E-state index in [1.165, 1.54) is 16.7 Å². The van der Waals surface area contributed by atoms with Crippen LogP contribution in [0.5, 0.6) is 0 Å². The summed E-state index contributed by atoms with van der Waals surface area (Å²) in [6.45, 7) is 0.274. The van der Waals surface area contributed by atoms with Crippen molar-refractivity contribution in [2.75, 3.05) is 5.73 Å². The highest BCUT2D eigenvalue weighted by atomic mass is 79.9. The molecule has 0 atom stereocenters. The lowest BCUT2D eigenvalue weighted by molar-refractivity contribution is 0.517. The second kappa shape index (κ2) is 4.79. The number of aromatic nitrogens is 1. The minimum Gasteiger partial charge on any atom is -0.408 e. The molecule has 0 bridgehead atoms. The fraction of sp³-hybridized carbons (Fsp3) is 0.0714. The number of hydrogen-bond donors (Lipinski definition) is 1. The molecule has 0 aliphatic carbocycles. The molecule has 0 unspecified atom stereocenters. The lowest BCUT2D eigenvalue weighted by Crippen LogP contribution is -2.15. The standard InChI is InChI=1S/C14H10BrFN2O2/c15-11-5-9(16)2-1-8(11)7-18-12-6-10(17)3-4-13(12)20-14(18)19/h1-6H,7,17H2. The second-order valence-electron chi connectivity index (χ2n) is 4.42. The number of halogens is 2. The molecule has 20 heavy (non-hydrogen) atoms. The highest BCUT2D eigenvalue weighted by molar-refractivity contribution is 9.10. The Balaban J connectivity index is 2.12. The summed E-state index contributed by atoms with van der Waals surface area (Å²) in [5.41, 5.74) is 8.14. The van der Waals surface area contributed by atoms with E-state index in [0.29, 0.717) is 21.3 Å².